The summed E-state index contributed by atoms with van der Waals surface area (Å²) in [7, 11) is 2.05. The van der Waals surface area contributed by atoms with E-state index in [0.717, 1.165) is 29.5 Å². The molecule has 0 aliphatic carbocycles. The topological polar surface area (TPSA) is 40.5 Å². The third kappa shape index (κ3) is 2.59. The number of aliphatic carboxylic acids is 1. The van der Waals surface area contributed by atoms with Gasteiger partial charge in [-0.1, -0.05) is 28.1 Å². The van der Waals surface area contributed by atoms with E-state index in [9.17, 15) is 9.90 Å². The fourth-order valence-electron chi connectivity index (χ4n) is 2.68. The van der Waals surface area contributed by atoms with Crippen LogP contribution in [-0.2, 0) is 10.2 Å². The van der Waals surface area contributed by atoms with Gasteiger partial charge in [0.25, 0.3) is 0 Å². The van der Waals surface area contributed by atoms with Crippen molar-refractivity contribution >= 4 is 21.9 Å². The van der Waals surface area contributed by atoms with E-state index in [-0.39, 0.29) is 0 Å². The fraction of sp³-hybridized carbons (Fsp3) is 0.500. The van der Waals surface area contributed by atoms with Crippen LogP contribution in [0.2, 0.25) is 0 Å². The van der Waals surface area contributed by atoms with Crippen LogP contribution >= 0.6 is 15.9 Å². The summed E-state index contributed by atoms with van der Waals surface area (Å²) in [6.07, 6.45) is 2.31. The number of likely N-dealkylation sites (tertiary alicyclic amines) is 1. The number of hydrogen-bond acceptors (Lipinski definition) is 2. The summed E-state index contributed by atoms with van der Waals surface area (Å²) in [5.41, 5.74) is 0.189. The van der Waals surface area contributed by atoms with Crippen LogP contribution in [0.15, 0.2) is 28.7 Å². The molecule has 0 radical (unpaired) electrons. The molecule has 1 aromatic rings. The zero-order valence-corrected chi connectivity index (χ0v) is 12.1. The number of benzene rings is 1. The first-order chi connectivity index (χ1) is 8.54. The van der Waals surface area contributed by atoms with Crippen LogP contribution in [0.4, 0.5) is 0 Å². The van der Waals surface area contributed by atoms with E-state index >= 15 is 0 Å². The van der Waals surface area contributed by atoms with Gasteiger partial charge in [0.15, 0.2) is 0 Å². The summed E-state index contributed by atoms with van der Waals surface area (Å²) in [5, 5.41) is 9.71. The van der Waals surface area contributed by atoms with Crippen molar-refractivity contribution in [2.45, 2.75) is 24.7 Å². The molecule has 1 fully saturated rings. The van der Waals surface area contributed by atoms with Gasteiger partial charge in [-0.3, -0.25) is 4.79 Å². The van der Waals surface area contributed by atoms with Gasteiger partial charge in [-0.15, -0.1) is 0 Å². The molecule has 1 heterocycles. The summed E-state index contributed by atoms with van der Waals surface area (Å²) in [6, 6.07) is 7.73. The molecule has 1 N–H and O–H groups in total. The number of rotatable bonds is 2. The van der Waals surface area contributed by atoms with Crippen molar-refractivity contribution in [3.63, 3.8) is 0 Å². The lowest BCUT2D eigenvalue weighted by molar-refractivity contribution is -0.144. The molecule has 0 spiro atoms. The first kappa shape index (κ1) is 13.6. The Hall–Kier alpha value is -0.870. The quantitative estimate of drug-likeness (QED) is 0.913. The maximum Gasteiger partial charge on any atom is 0.314 e. The molecule has 98 valence electrons. The van der Waals surface area contributed by atoms with Gasteiger partial charge in [0, 0.05) is 4.47 Å². The third-order valence-corrected chi connectivity index (χ3v) is 4.34. The van der Waals surface area contributed by atoms with E-state index in [4.69, 9.17) is 0 Å². The monoisotopic (exact) mass is 311 g/mol. The van der Waals surface area contributed by atoms with E-state index in [1.54, 1.807) is 0 Å². The van der Waals surface area contributed by atoms with Crippen LogP contribution in [0.25, 0.3) is 0 Å². The maximum atomic E-state index is 11.8. The average molecular weight is 312 g/mol. The van der Waals surface area contributed by atoms with Crippen LogP contribution in [0.5, 0.6) is 0 Å². The Labute approximate surface area is 116 Å². The van der Waals surface area contributed by atoms with Crippen molar-refractivity contribution in [3.8, 4) is 0 Å². The number of carboxylic acid groups (broad SMARTS) is 1. The number of nitrogens with zero attached hydrogens (tertiary/aromatic N) is 1. The molecule has 0 amide bonds. The van der Waals surface area contributed by atoms with Gasteiger partial charge >= 0.3 is 5.97 Å². The van der Waals surface area contributed by atoms with Gasteiger partial charge in [0.05, 0.1) is 5.41 Å². The van der Waals surface area contributed by atoms with Crippen molar-refractivity contribution in [2.75, 3.05) is 20.1 Å². The Morgan fingerprint density at radius 3 is 2.83 bits per heavy atom. The predicted molar refractivity (Wildman–Crippen MR) is 74.8 cm³/mol. The van der Waals surface area contributed by atoms with Crippen molar-refractivity contribution in [1.82, 2.24) is 4.90 Å². The first-order valence-corrected chi connectivity index (χ1v) is 7.02. The van der Waals surface area contributed by atoms with Crippen LogP contribution < -0.4 is 0 Å². The molecule has 1 aromatic carbocycles. The van der Waals surface area contributed by atoms with Crippen LogP contribution in [0, 0.1) is 0 Å². The molecule has 0 saturated carbocycles. The van der Waals surface area contributed by atoms with Gasteiger partial charge in [0.2, 0.25) is 0 Å². The van der Waals surface area contributed by atoms with Gasteiger partial charge in [0.1, 0.15) is 0 Å². The van der Waals surface area contributed by atoms with E-state index in [1.807, 2.05) is 24.3 Å². The Morgan fingerprint density at radius 1 is 1.39 bits per heavy atom. The van der Waals surface area contributed by atoms with E-state index < -0.39 is 11.4 Å². The van der Waals surface area contributed by atoms with Crippen molar-refractivity contribution < 1.29 is 9.90 Å². The number of hydrogen-bond donors (Lipinski definition) is 1. The normalized spacial score (nSPS) is 25.7. The average Bonchev–Trinajstić information content (AvgIpc) is 2.52. The molecule has 0 aromatic heterocycles. The van der Waals surface area contributed by atoms with E-state index in [0.29, 0.717) is 12.8 Å². The van der Waals surface area contributed by atoms with Crippen molar-refractivity contribution in [3.05, 3.63) is 34.3 Å². The Balaban J connectivity index is 2.40. The molecule has 1 unspecified atom stereocenters. The SMILES string of the molecule is CN1CCCC(C(=O)O)(c2cccc(Br)c2)CC1. The highest BCUT2D eigenvalue weighted by Gasteiger charge is 2.41. The molecule has 18 heavy (non-hydrogen) atoms. The van der Waals surface area contributed by atoms with Crippen molar-refractivity contribution in [1.29, 1.82) is 0 Å². The second kappa shape index (κ2) is 5.41. The summed E-state index contributed by atoms with van der Waals surface area (Å²) in [5.74, 6) is -0.698. The third-order valence-electron chi connectivity index (χ3n) is 3.85. The first-order valence-electron chi connectivity index (χ1n) is 6.22. The minimum Gasteiger partial charge on any atom is -0.481 e. The minimum atomic E-state index is -0.728. The van der Waals surface area contributed by atoms with Crippen LogP contribution in [0.1, 0.15) is 24.8 Å². The van der Waals surface area contributed by atoms with Gasteiger partial charge in [-0.05, 0) is 57.1 Å². The Bertz CT molecular complexity index is 449. The molecule has 3 nitrogen and oxygen atoms in total. The molecular weight excluding hydrogens is 294 g/mol. The molecule has 1 aliphatic rings. The summed E-state index contributed by atoms with van der Waals surface area (Å²) < 4.78 is 0.943. The second-order valence-corrected chi connectivity index (χ2v) is 5.97. The largest absolute Gasteiger partial charge is 0.481 e. The molecule has 1 atom stereocenters. The summed E-state index contributed by atoms with van der Waals surface area (Å²) >= 11 is 3.43. The zero-order valence-electron chi connectivity index (χ0n) is 10.5. The molecule has 1 saturated heterocycles. The molecule has 1 aliphatic heterocycles. The zero-order chi connectivity index (χ0) is 13.2. The molecule has 0 bridgehead atoms. The highest BCUT2D eigenvalue weighted by molar-refractivity contribution is 9.10. The minimum absolute atomic E-state index is 0.676. The smallest absolute Gasteiger partial charge is 0.314 e. The molecule has 2 rings (SSSR count). The summed E-state index contributed by atoms with van der Waals surface area (Å²) in [4.78, 5) is 14.0. The van der Waals surface area contributed by atoms with E-state index in [2.05, 4.69) is 27.9 Å². The van der Waals surface area contributed by atoms with Crippen molar-refractivity contribution in [2.24, 2.45) is 0 Å². The maximum absolute atomic E-state index is 11.8. The summed E-state index contributed by atoms with van der Waals surface area (Å²) in [6.45, 7) is 1.81. The number of carboxylic acids is 1. The van der Waals surface area contributed by atoms with Crippen LogP contribution in [0.3, 0.4) is 0 Å². The van der Waals surface area contributed by atoms with Gasteiger partial charge in [-0.25, -0.2) is 0 Å². The van der Waals surface area contributed by atoms with Gasteiger partial charge < -0.3 is 10.0 Å². The lowest BCUT2D eigenvalue weighted by atomic mass is 9.74. The number of halogens is 1. The van der Waals surface area contributed by atoms with Crippen LogP contribution in [-0.4, -0.2) is 36.1 Å². The number of carbonyl (C=O) groups is 1. The lowest BCUT2D eigenvalue weighted by Crippen LogP contribution is -2.36. The highest BCUT2D eigenvalue weighted by atomic mass is 79.9. The molecular formula is C14H18BrNO2. The lowest BCUT2D eigenvalue weighted by Gasteiger charge is -2.28. The molecule has 4 heteroatoms. The Morgan fingerprint density at radius 2 is 2.17 bits per heavy atom. The highest BCUT2D eigenvalue weighted by Crippen LogP contribution is 2.36. The second-order valence-electron chi connectivity index (χ2n) is 5.05. The Kier molecular flexibility index (Phi) is 4.07. The fourth-order valence-corrected chi connectivity index (χ4v) is 3.08. The predicted octanol–water partition coefficient (Wildman–Crippen LogP) is 2.89. The van der Waals surface area contributed by atoms with E-state index in [1.165, 1.54) is 0 Å². The standard InChI is InChI=1S/C14H18BrNO2/c1-16-8-3-6-14(7-9-16,13(17)18)11-4-2-5-12(15)10-11/h2,4-5,10H,3,6-9H2,1H3,(H,17,18). The van der Waals surface area contributed by atoms with Gasteiger partial charge in [-0.2, -0.15) is 0 Å².